The van der Waals surface area contributed by atoms with Crippen LogP contribution >= 0.6 is 0 Å². The molecule has 31 heavy (non-hydrogen) atoms. The van der Waals surface area contributed by atoms with Crippen LogP contribution in [0.1, 0.15) is 30.4 Å². The number of aryl methyl sites for hydroxylation is 1. The Balaban J connectivity index is 1.28. The van der Waals surface area contributed by atoms with E-state index < -0.39 is 12.0 Å². The second kappa shape index (κ2) is 9.55. The lowest BCUT2D eigenvalue weighted by atomic mass is 10.0. The lowest BCUT2D eigenvalue weighted by Crippen LogP contribution is -2.43. The molecule has 4 rings (SSSR count). The number of methoxy groups -OCH3 is 1. The number of aromatic nitrogens is 1. The number of amides is 1. The fraction of sp³-hybridized carbons (Fsp3) is 0.333. The lowest BCUT2D eigenvalue weighted by Gasteiger charge is -2.16. The molecule has 0 saturated carbocycles. The Morgan fingerprint density at radius 3 is 2.84 bits per heavy atom. The van der Waals surface area contributed by atoms with Crippen LogP contribution in [0.3, 0.4) is 0 Å². The van der Waals surface area contributed by atoms with Gasteiger partial charge in [0, 0.05) is 29.9 Å². The molecule has 0 unspecified atom stereocenters. The molecule has 0 bridgehead atoms. The number of rotatable bonds is 9. The Kier molecular flexibility index (Phi) is 6.40. The van der Waals surface area contributed by atoms with Gasteiger partial charge < -0.3 is 24.5 Å². The van der Waals surface area contributed by atoms with Crippen molar-refractivity contribution in [3.05, 3.63) is 59.8 Å². The lowest BCUT2D eigenvalue weighted by molar-refractivity contribution is -0.145. The van der Waals surface area contributed by atoms with Crippen LogP contribution in [0.2, 0.25) is 0 Å². The van der Waals surface area contributed by atoms with Crippen LogP contribution < -0.4 is 14.8 Å². The van der Waals surface area contributed by atoms with E-state index in [1.165, 1.54) is 7.11 Å². The van der Waals surface area contributed by atoms with Crippen LogP contribution in [-0.2, 0) is 27.2 Å². The Morgan fingerprint density at radius 2 is 1.97 bits per heavy atom. The van der Waals surface area contributed by atoms with Crippen molar-refractivity contribution in [1.82, 2.24) is 10.3 Å². The zero-order valence-electron chi connectivity index (χ0n) is 17.5. The molecule has 0 radical (unpaired) electrons. The molecule has 7 nitrogen and oxygen atoms in total. The van der Waals surface area contributed by atoms with E-state index in [0.29, 0.717) is 12.8 Å². The highest BCUT2D eigenvalue weighted by atomic mass is 16.7. The minimum atomic E-state index is -0.717. The highest BCUT2D eigenvalue weighted by molar-refractivity contribution is 5.87. The largest absolute Gasteiger partial charge is 0.467 e. The van der Waals surface area contributed by atoms with E-state index in [-0.39, 0.29) is 12.7 Å². The molecule has 0 aliphatic carbocycles. The van der Waals surface area contributed by atoms with E-state index in [4.69, 9.17) is 14.2 Å². The van der Waals surface area contributed by atoms with Crippen molar-refractivity contribution in [1.29, 1.82) is 0 Å². The molecular formula is C24H26N2O5. The molecule has 2 N–H and O–H groups in total. The zero-order chi connectivity index (χ0) is 21.6. The van der Waals surface area contributed by atoms with Crippen molar-refractivity contribution in [3.8, 4) is 11.5 Å². The number of fused-ring (bicyclic) bond motifs is 2. The van der Waals surface area contributed by atoms with E-state index >= 15 is 0 Å². The molecule has 1 aliphatic rings. The molecule has 1 aromatic heterocycles. The van der Waals surface area contributed by atoms with Crippen LogP contribution in [0.15, 0.2) is 48.7 Å². The normalized spacial score (nSPS) is 13.2. The topological polar surface area (TPSA) is 89.7 Å². The smallest absolute Gasteiger partial charge is 0.328 e. The van der Waals surface area contributed by atoms with Gasteiger partial charge in [-0.1, -0.05) is 24.3 Å². The molecular weight excluding hydrogens is 396 g/mol. The average molecular weight is 422 g/mol. The summed E-state index contributed by atoms with van der Waals surface area (Å²) in [6.07, 6.45) is 5.03. The summed E-state index contributed by atoms with van der Waals surface area (Å²) in [7, 11) is 1.34. The summed E-state index contributed by atoms with van der Waals surface area (Å²) in [5.74, 6) is 0.945. The molecule has 1 amide bonds. The number of carbonyl (C=O) groups excluding carboxylic acids is 2. The fourth-order valence-corrected chi connectivity index (χ4v) is 3.83. The highest BCUT2D eigenvalue weighted by Crippen LogP contribution is 2.32. The molecule has 0 saturated heterocycles. The summed E-state index contributed by atoms with van der Waals surface area (Å²) in [6.45, 7) is 0.263. The van der Waals surface area contributed by atoms with Gasteiger partial charge in [-0.15, -0.1) is 0 Å². The van der Waals surface area contributed by atoms with E-state index in [9.17, 15) is 9.59 Å². The van der Waals surface area contributed by atoms with Crippen molar-refractivity contribution in [2.75, 3.05) is 13.9 Å². The predicted molar refractivity (Wildman–Crippen MR) is 116 cm³/mol. The Bertz CT molecular complexity index is 1070. The van der Waals surface area contributed by atoms with Gasteiger partial charge in [0.05, 0.1) is 7.11 Å². The Morgan fingerprint density at radius 1 is 1.13 bits per heavy atom. The molecule has 1 aliphatic heterocycles. The summed E-state index contributed by atoms with van der Waals surface area (Å²) in [5.41, 5.74) is 3.11. The second-order valence-electron chi connectivity index (χ2n) is 7.60. The van der Waals surface area contributed by atoms with Crippen molar-refractivity contribution in [2.24, 2.45) is 0 Å². The average Bonchev–Trinajstić information content (AvgIpc) is 3.42. The third-order valence-corrected chi connectivity index (χ3v) is 5.48. The van der Waals surface area contributed by atoms with Crippen LogP contribution in [-0.4, -0.2) is 36.8 Å². The number of hydrogen-bond donors (Lipinski definition) is 2. The Hall–Kier alpha value is -3.48. The maximum absolute atomic E-state index is 12.5. The van der Waals surface area contributed by atoms with Gasteiger partial charge >= 0.3 is 5.97 Å². The van der Waals surface area contributed by atoms with Gasteiger partial charge in [-0.25, -0.2) is 4.79 Å². The number of carbonyl (C=O) groups is 2. The number of H-pyrrole nitrogens is 1. The van der Waals surface area contributed by atoms with E-state index in [2.05, 4.69) is 10.3 Å². The molecule has 3 aromatic rings. The first-order valence-electron chi connectivity index (χ1n) is 10.4. The van der Waals surface area contributed by atoms with Crippen LogP contribution in [0.25, 0.3) is 10.9 Å². The number of aromatic amines is 1. The van der Waals surface area contributed by atoms with E-state index in [1.54, 1.807) is 0 Å². The minimum Gasteiger partial charge on any atom is -0.467 e. The van der Waals surface area contributed by atoms with Gasteiger partial charge in [0.1, 0.15) is 6.04 Å². The molecule has 0 fully saturated rings. The summed E-state index contributed by atoms with van der Waals surface area (Å²) in [5, 5.41) is 3.88. The monoisotopic (exact) mass is 422 g/mol. The van der Waals surface area contributed by atoms with Crippen LogP contribution in [0.5, 0.6) is 11.5 Å². The fourth-order valence-electron chi connectivity index (χ4n) is 3.83. The number of nitrogens with one attached hydrogen (secondary N) is 2. The highest BCUT2D eigenvalue weighted by Gasteiger charge is 2.23. The van der Waals surface area contributed by atoms with Gasteiger partial charge in [-0.3, -0.25) is 4.79 Å². The molecule has 2 heterocycles. The maximum Gasteiger partial charge on any atom is 0.328 e. The van der Waals surface area contributed by atoms with Crippen molar-refractivity contribution >= 4 is 22.8 Å². The zero-order valence-corrected chi connectivity index (χ0v) is 17.5. The van der Waals surface area contributed by atoms with E-state index in [0.717, 1.165) is 52.8 Å². The quantitative estimate of drug-likeness (QED) is 0.407. The number of benzene rings is 2. The molecule has 0 spiro atoms. The van der Waals surface area contributed by atoms with Crippen LogP contribution in [0.4, 0.5) is 0 Å². The van der Waals surface area contributed by atoms with Gasteiger partial charge in [0.2, 0.25) is 12.7 Å². The summed E-state index contributed by atoms with van der Waals surface area (Å²) < 4.78 is 15.6. The van der Waals surface area contributed by atoms with Gasteiger partial charge in [-0.05, 0) is 48.6 Å². The minimum absolute atomic E-state index is 0.152. The SMILES string of the molecule is COC(=O)[C@H](Cc1c[nH]c2ccccc12)NC(=O)CCCCc1ccc2c(c1)OCO2. The number of para-hydroxylation sites is 1. The standard InChI is InChI=1S/C24H26N2O5/c1-29-24(28)20(13-17-14-25-19-8-4-3-7-18(17)19)26-23(27)9-5-2-6-16-10-11-21-22(12-16)31-15-30-21/h3-4,7-8,10-12,14,20,25H,2,5-6,9,13,15H2,1H3,(H,26,27)/t20-/m0/s1. The second-order valence-corrected chi connectivity index (χ2v) is 7.60. The van der Waals surface area contributed by atoms with Gasteiger partial charge in [-0.2, -0.15) is 0 Å². The summed E-state index contributed by atoms with van der Waals surface area (Å²) in [4.78, 5) is 27.9. The molecule has 162 valence electrons. The number of ether oxygens (including phenoxy) is 3. The third-order valence-electron chi connectivity index (χ3n) is 5.48. The van der Waals surface area contributed by atoms with Crippen molar-refractivity contribution < 1.29 is 23.8 Å². The molecule has 2 aromatic carbocycles. The van der Waals surface area contributed by atoms with Gasteiger partial charge in [0.15, 0.2) is 11.5 Å². The first-order valence-corrected chi connectivity index (χ1v) is 10.4. The first-order chi connectivity index (χ1) is 15.1. The predicted octanol–water partition coefficient (Wildman–Crippen LogP) is 3.51. The van der Waals surface area contributed by atoms with Crippen molar-refractivity contribution in [2.45, 2.75) is 38.1 Å². The number of esters is 1. The Labute approximate surface area is 180 Å². The summed E-state index contributed by atoms with van der Waals surface area (Å²) >= 11 is 0. The van der Waals surface area contributed by atoms with Gasteiger partial charge in [0.25, 0.3) is 0 Å². The number of hydrogen-bond acceptors (Lipinski definition) is 5. The summed E-state index contributed by atoms with van der Waals surface area (Å²) in [6, 6.07) is 13.1. The van der Waals surface area contributed by atoms with E-state index in [1.807, 2.05) is 48.7 Å². The first kappa shape index (κ1) is 20.8. The third kappa shape index (κ3) is 4.99. The maximum atomic E-state index is 12.5. The molecule has 1 atom stereocenters. The van der Waals surface area contributed by atoms with Crippen LogP contribution in [0, 0.1) is 0 Å². The number of unbranched alkanes of at least 4 members (excludes halogenated alkanes) is 1. The van der Waals surface area contributed by atoms with Crippen molar-refractivity contribution in [3.63, 3.8) is 0 Å². The molecule has 7 heteroatoms.